The molecule has 0 N–H and O–H groups in total. The molecule has 0 atom stereocenters. The molecule has 270 valence electrons. The molecule has 0 fully saturated rings. The molecule has 0 unspecified atom stereocenters. The number of nitrogens with zero attached hydrogens (tertiary/aromatic N) is 8. The summed E-state index contributed by atoms with van der Waals surface area (Å²) in [6.07, 6.45) is 0. The lowest BCUT2D eigenvalue weighted by Gasteiger charge is -2.13. The molecule has 0 saturated heterocycles. The SMILES string of the molecule is c1cc(-n2c3ccccc3c3c2ccc2c4ccccc4n(-n4c5ccccc5n5c6ccccc6nc45)c23)cc(-n2c3ccccc3n3c4ccccc4nc23)c1. The van der Waals surface area contributed by atoms with E-state index in [2.05, 4.69) is 209 Å². The van der Waals surface area contributed by atoms with E-state index in [1.807, 2.05) is 0 Å². The van der Waals surface area contributed by atoms with Crippen LogP contribution in [0.3, 0.4) is 0 Å². The van der Waals surface area contributed by atoms with Gasteiger partial charge in [0.05, 0.1) is 71.9 Å². The Morgan fingerprint density at radius 2 is 0.845 bits per heavy atom. The highest BCUT2D eigenvalue weighted by Crippen LogP contribution is 2.42. The van der Waals surface area contributed by atoms with E-state index in [4.69, 9.17) is 9.97 Å². The van der Waals surface area contributed by atoms with E-state index in [1.54, 1.807) is 0 Å². The van der Waals surface area contributed by atoms with Gasteiger partial charge in [0.1, 0.15) is 0 Å². The first-order chi connectivity index (χ1) is 28.8. The first kappa shape index (κ1) is 30.2. The summed E-state index contributed by atoms with van der Waals surface area (Å²) in [6, 6.07) is 65.1. The summed E-state index contributed by atoms with van der Waals surface area (Å²) >= 11 is 0. The summed E-state index contributed by atoms with van der Waals surface area (Å²) in [6.45, 7) is 0. The first-order valence-electron chi connectivity index (χ1n) is 19.6. The van der Waals surface area contributed by atoms with Crippen molar-refractivity contribution in [3.63, 3.8) is 0 Å². The molecule has 6 aromatic heterocycles. The molecule has 14 rings (SSSR count). The predicted molar refractivity (Wildman–Crippen MR) is 236 cm³/mol. The van der Waals surface area contributed by atoms with E-state index in [9.17, 15) is 0 Å². The molecular weight excluding hydrogens is 713 g/mol. The molecule has 0 aliphatic carbocycles. The van der Waals surface area contributed by atoms with Crippen molar-refractivity contribution in [2.45, 2.75) is 0 Å². The van der Waals surface area contributed by atoms with Crippen LogP contribution in [0.25, 0.3) is 111 Å². The molecule has 0 aliphatic heterocycles. The lowest BCUT2D eigenvalue weighted by atomic mass is 10.1. The van der Waals surface area contributed by atoms with Gasteiger partial charge in [-0.05, 0) is 91.0 Å². The summed E-state index contributed by atoms with van der Waals surface area (Å²) in [5, 5.41) is 4.77. The van der Waals surface area contributed by atoms with Gasteiger partial charge in [-0.2, -0.15) is 0 Å². The Hall–Kier alpha value is -8.10. The van der Waals surface area contributed by atoms with Crippen LogP contribution in [0, 0.1) is 0 Å². The van der Waals surface area contributed by atoms with Gasteiger partial charge in [0.2, 0.25) is 11.6 Å². The third-order valence-corrected chi connectivity index (χ3v) is 12.2. The second-order valence-corrected chi connectivity index (χ2v) is 15.2. The van der Waals surface area contributed by atoms with Gasteiger partial charge in [0.25, 0.3) is 0 Å². The monoisotopic (exact) mass is 742 g/mol. The first-order valence-corrected chi connectivity index (χ1v) is 19.6. The highest BCUT2D eigenvalue weighted by Gasteiger charge is 2.25. The van der Waals surface area contributed by atoms with Crippen LogP contribution in [0.5, 0.6) is 0 Å². The predicted octanol–water partition coefficient (Wildman–Crippen LogP) is 11.7. The average molecular weight is 743 g/mol. The lowest BCUT2D eigenvalue weighted by Crippen LogP contribution is -2.09. The Balaban J connectivity index is 1.10. The number of hydrogen-bond donors (Lipinski definition) is 0. The second kappa shape index (κ2) is 10.8. The molecule has 0 amide bonds. The number of hydrogen-bond acceptors (Lipinski definition) is 2. The van der Waals surface area contributed by atoms with Crippen molar-refractivity contribution < 1.29 is 0 Å². The smallest absolute Gasteiger partial charge is 0.235 e. The fourth-order valence-electron chi connectivity index (χ4n) is 9.88. The van der Waals surface area contributed by atoms with Crippen molar-refractivity contribution in [3.8, 4) is 11.4 Å². The van der Waals surface area contributed by atoms with Crippen molar-refractivity contribution in [1.29, 1.82) is 0 Å². The van der Waals surface area contributed by atoms with Crippen molar-refractivity contribution in [2.24, 2.45) is 0 Å². The molecule has 0 radical (unpaired) electrons. The lowest BCUT2D eigenvalue weighted by molar-refractivity contribution is 0.760. The van der Waals surface area contributed by atoms with Gasteiger partial charge in [-0.15, -0.1) is 0 Å². The van der Waals surface area contributed by atoms with Gasteiger partial charge in [-0.3, -0.25) is 13.4 Å². The number of para-hydroxylation sites is 10. The fourth-order valence-corrected chi connectivity index (χ4v) is 9.88. The van der Waals surface area contributed by atoms with Crippen molar-refractivity contribution in [2.75, 3.05) is 0 Å². The minimum absolute atomic E-state index is 0.871. The quantitative estimate of drug-likeness (QED) is 0.181. The van der Waals surface area contributed by atoms with Gasteiger partial charge in [0.15, 0.2) is 0 Å². The van der Waals surface area contributed by atoms with Crippen LogP contribution in [0.15, 0.2) is 182 Å². The van der Waals surface area contributed by atoms with E-state index >= 15 is 0 Å². The zero-order chi connectivity index (χ0) is 37.6. The van der Waals surface area contributed by atoms with E-state index in [1.165, 1.54) is 21.5 Å². The standard InChI is InChI=1S/C50H30N8/c1-6-21-39-33(16-1)34-28-29-46-47(48(34)57(39)58-45-27-12-11-26-44(45)56-41-23-8-4-19-37(41)52-50(56)58)35-17-2-5-20-38(35)53(46)31-14-13-15-32(30-31)54-42-24-9-10-25-43(42)55-40-22-7-3-18-36(40)51-49(54)55/h1-30H. The zero-order valence-electron chi connectivity index (χ0n) is 30.9. The summed E-state index contributed by atoms with van der Waals surface area (Å²) in [7, 11) is 0. The Morgan fingerprint density at radius 3 is 1.59 bits per heavy atom. The Bertz CT molecular complexity index is 4050. The fraction of sp³-hybridized carbons (Fsp3) is 0. The third kappa shape index (κ3) is 3.69. The number of rotatable bonds is 3. The molecule has 0 bridgehead atoms. The molecule has 0 aliphatic rings. The van der Waals surface area contributed by atoms with Gasteiger partial charge in [-0.1, -0.05) is 91.0 Å². The molecule has 6 heterocycles. The highest BCUT2D eigenvalue weighted by atomic mass is 15.5. The summed E-state index contributed by atoms with van der Waals surface area (Å²) in [4.78, 5) is 10.5. The molecule has 58 heavy (non-hydrogen) atoms. The van der Waals surface area contributed by atoms with Crippen molar-refractivity contribution in [3.05, 3.63) is 182 Å². The van der Waals surface area contributed by atoms with Gasteiger partial charge in [0, 0.05) is 27.2 Å². The Labute approximate surface area is 328 Å². The van der Waals surface area contributed by atoms with Gasteiger partial charge in [-0.25, -0.2) is 19.3 Å². The van der Waals surface area contributed by atoms with Crippen LogP contribution in [0.2, 0.25) is 0 Å². The van der Waals surface area contributed by atoms with E-state index in [0.717, 1.165) is 89.1 Å². The van der Waals surface area contributed by atoms with Crippen LogP contribution in [0.4, 0.5) is 0 Å². The van der Waals surface area contributed by atoms with E-state index in [0.29, 0.717) is 0 Å². The molecule has 0 saturated carbocycles. The summed E-state index contributed by atoms with van der Waals surface area (Å²) in [5.41, 5.74) is 15.2. The number of aromatic nitrogens is 8. The minimum Gasteiger partial charge on any atom is -0.309 e. The molecule has 8 nitrogen and oxygen atoms in total. The van der Waals surface area contributed by atoms with Gasteiger partial charge >= 0.3 is 0 Å². The Morgan fingerprint density at radius 1 is 0.310 bits per heavy atom. The zero-order valence-corrected chi connectivity index (χ0v) is 30.9. The summed E-state index contributed by atoms with van der Waals surface area (Å²) < 4.78 is 14.0. The molecule has 0 spiro atoms. The van der Waals surface area contributed by atoms with Crippen molar-refractivity contribution >= 4 is 99.3 Å². The van der Waals surface area contributed by atoms with E-state index < -0.39 is 0 Å². The van der Waals surface area contributed by atoms with Gasteiger partial charge < -0.3 is 4.57 Å². The maximum Gasteiger partial charge on any atom is 0.235 e. The number of fused-ring (bicyclic) bond motifs is 17. The maximum absolute atomic E-state index is 5.30. The average Bonchev–Trinajstić information content (AvgIpc) is 4.11. The largest absolute Gasteiger partial charge is 0.309 e. The molecular formula is C50H30N8. The molecule has 8 heteroatoms. The second-order valence-electron chi connectivity index (χ2n) is 15.2. The molecule has 8 aromatic carbocycles. The highest BCUT2D eigenvalue weighted by molar-refractivity contribution is 6.25. The van der Waals surface area contributed by atoms with Crippen LogP contribution in [-0.4, -0.2) is 37.3 Å². The van der Waals surface area contributed by atoms with Crippen LogP contribution in [-0.2, 0) is 0 Å². The number of benzene rings is 8. The van der Waals surface area contributed by atoms with Crippen LogP contribution >= 0.6 is 0 Å². The summed E-state index contributed by atoms with van der Waals surface area (Å²) in [5.74, 6) is 1.76. The van der Waals surface area contributed by atoms with E-state index in [-0.39, 0.29) is 0 Å². The Kier molecular flexibility index (Phi) is 5.62. The maximum atomic E-state index is 5.30. The minimum atomic E-state index is 0.871. The van der Waals surface area contributed by atoms with Crippen LogP contribution in [0.1, 0.15) is 0 Å². The normalized spacial score (nSPS) is 12.5. The topological polar surface area (TPSA) is 54.3 Å². The van der Waals surface area contributed by atoms with Crippen LogP contribution < -0.4 is 0 Å². The van der Waals surface area contributed by atoms with Crippen molar-refractivity contribution in [1.82, 2.24) is 37.3 Å². The third-order valence-electron chi connectivity index (χ3n) is 12.2. The molecule has 14 aromatic rings. The number of imidazole rings is 4.